The molecule has 4 nitrogen and oxygen atoms in total. The van der Waals surface area contributed by atoms with E-state index in [-0.39, 0.29) is 0 Å². The molecule has 19 heavy (non-hydrogen) atoms. The fourth-order valence-electron chi connectivity index (χ4n) is 1.56. The van der Waals surface area contributed by atoms with Crippen LogP contribution in [0.3, 0.4) is 0 Å². The highest BCUT2D eigenvalue weighted by atomic mass is 16.5. The summed E-state index contributed by atoms with van der Waals surface area (Å²) in [5, 5.41) is 8.50. The van der Waals surface area contributed by atoms with Gasteiger partial charge in [-0.15, -0.1) is 0 Å². The molecule has 0 bridgehead atoms. The molecule has 0 aliphatic carbocycles. The Balaban J connectivity index is 1.82. The van der Waals surface area contributed by atoms with Gasteiger partial charge in [0.05, 0.1) is 6.61 Å². The average Bonchev–Trinajstić information content (AvgIpc) is 2.86. The van der Waals surface area contributed by atoms with Gasteiger partial charge in [0.2, 0.25) is 0 Å². The first-order valence-corrected chi connectivity index (χ1v) is 5.85. The Kier molecular flexibility index (Phi) is 4.53. The molecule has 0 saturated carbocycles. The molecule has 1 heterocycles. The summed E-state index contributed by atoms with van der Waals surface area (Å²) in [6.45, 7) is 0.873. The Morgan fingerprint density at radius 3 is 2.68 bits per heavy atom. The van der Waals surface area contributed by atoms with Crippen LogP contribution in [-0.2, 0) is 22.7 Å². The average molecular weight is 258 g/mol. The van der Waals surface area contributed by atoms with Crippen LogP contribution in [-0.4, -0.2) is 11.1 Å². The maximum atomic E-state index is 10.4. The lowest BCUT2D eigenvalue weighted by molar-refractivity contribution is -0.131. The van der Waals surface area contributed by atoms with Gasteiger partial charge in [-0.05, 0) is 23.8 Å². The van der Waals surface area contributed by atoms with Gasteiger partial charge in [-0.3, -0.25) is 0 Å². The van der Waals surface area contributed by atoms with Crippen LogP contribution in [0.2, 0.25) is 0 Å². The molecule has 0 radical (unpaired) electrons. The largest absolute Gasteiger partial charge is 0.478 e. The number of benzene rings is 1. The van der Waals surface area contributed by atoms with Crippen LogP contribution < -0.4 is 0 Å². The fourth-order valence-corrected chi connectivity index (χ4v) is 1.56. The fraction of sp³-hybridized carbons (Fsp3) is 0.133. The third-order valence-electron chi connectivity index (χ3n) is 2.43. The predicted molar refractivity (Wildman–Crippen MR) is 70.3 cm³/mol. The van der Waals surface area contributed by atoms with Crippen LogP contribution in [0.4, 0.5) is 0 Å². The minimum absolute atomic E-state index is 0.357. The first-order chi connectivity index (χ1) is 9.24. The normalized spacial score (nSPS) is 10.9. The van der Waals surface area contributed by atoms with E-state index in [1.807, 2.05) is 30.3 Å². The third-order valence-corrected chi connectivity index (χ3v) is 2.43. The van der Waals surface area contributed by atoms with Crippen molar-refractivity contribution >= 4 is 12.0 Å². The van der Waals surface area contributed by atoms with E-state index in [2.05, 4.69) is 0 Å². The van der Waals surface area contributed by atoms with Crippen molar-refractivity contribution in [2.24, 2.45) is 0 Å². The van der Waals surface area contributed by atoms with Gasteiger partial charge in [0.1, 0.15) is 18.1 Å². The summed E-state index contributed by atoms with van der Waals surface area (Å²) < 4.78 is 10.9. The van der Waals surface area contributed by atoms with Gasteiger partial charge in [-0.25, -0.2) is 4.79 Å². The summed E-state index contributed by atoms with van der Waals surface area (Å²) in [4.78, 5) is 10.4. The van der Waals surface area contributed by atoms with E-state index >= 15 is 0 Å². The van der Waals surface area contributed by atoms with Crippen molar-refractivity contribution in [3.05, 3.63) is 65.6 Å². The van der Waals surface area contributed by atoms with Crippen molar-refractivity contribution in [1.29, 1.82) is 0 Å². The van der Waals surface area contributed by atoms with E-state index < -0.39 is 5.97 Å². The zero-order valence-corrected chi connectivity index (χ0v) is 10.3. The quantitative estimate of drug-likeness (QED) is 0.809. The highest BCUT2D eigenvalue weighted by Crippen LogP contribution is 2.12. The van der Waals surface area contributed by atoms with Crippen molar-refractivity contribution in [3.63, 3.8) is 0 Å². The van der Waals surface area contributed by atoms with Crippen molar-refractivity contribution < 1.29 is 19.1 Å². The van der Waals surface area contributed by atoms with E-state index in [0.29, 0.717) is 24.7 Å². The molecule has 98 valence electrons. The molecule has 2 aromatic rings. The maximum absolute atomic E-state index is 10.4. The van der Waals surface area contributed by atoms with Gasteiger partial charge in [-0.2, -0.15) is 0 Å². The molecule has 2 rings (SSSR count). The minimum Gasteiger partial charge on any atom is -0.478 e. The lowest BCUT2D eigenvalue weighted by Crippen LogP contribution is -1.92. The van der Waals surface area contributed by atoms with E-state index in [0.717, 1.165) is 11.6 Å². The summed E-state index contributed by atoms with van der Waals surface area (Å²) in [6, 6.07) is 13.3. The Bertz CT molecular complexity index is 555. The van der Waals surface area contributed by atoms with Crippen LogP contribution >= 0.6 is 0 Å². The van der Waals surface area contributed by atoms with Crippen molar-refractivity contribution in [2.45, 2.75) is 13.2 Å². The number of hydrogen-bond donors (Lipinski definition) is 1. The van der Waals surface area contributed by atoms with Crippen molar-refractivity contribution in [3.8, 4) is 0 Å². The second kappa shape index (κ2) is 6.56. The summed E-state index contributed by atoms with van der Waals surface area (Å²) in [5.41, 5.74) is 1.10. The van der Waals surface area contributed by atoms with Crippen LogP contribution in [0, 0.1) is 0 Å². The minimum atomic E-state index is -1.00. The zero-order chi connectivity index (χ0) is 13.5. The van der Waals surface area contributed by atoms with Gasteiger partial charge in [0.25, 0.3) is 0 Å². The predicted octanol–water partition coefficient (Wildman–Crippen LogP) is 3.09. The first kappa shape index (κ1) is 13.1. The molecule has 0 spiro atoms. The third kappa shape index (κ3) is 4.44. The van der Waals surface area contributed by atoms with Gasteiger partial charge >= 0.3 is 5.97 Å². The summed E-state index contributed by atoms with van der Waals surface area (Å²) >= 11 is 0. The topological polar surface area (TPSA) is 59.7 Å². The lowest BCUT2D eigenvalue weighted by Gasteiger charge is -2.01. The smallest absolute Gasteiger partial charge is 0.328 e. The SMILES string of the molecule is O=C(O)/C=C/c1ccc(COCc2ccccc2)o1. The molecule has 0 unspecified atom stereocenters. The number of carboxylic acids is 1. The Hall–Kier alpha value is -2.33. The van der Waals surface area contributed by atoms with Gasteiger partial charge < -0.3 is 14.3 Å². The Labute approximate surface area is 110 Å². The molecule has 1 aromatic heterocycles. The van der Waals surface area contributed by atoms with Crippen LogP contribution in [0.5, 0.6) is 0 Å². The molecule has 0 saturated heterocycles. The van der Waals surface area contributed by atoms with E-state index in [4.69, 9.17) is 14.3 Å². The summed E-state index contributed by atoms with van der Waals surface area (Å²) in [6.07, 6.45) is 2.44. The van der Waals surface area contributed by atoms with E-state index in [1.54, 1.807) is 12.1 Å². The van der Waals surface area contributed by atoms with Crippen molar-refractivity contribution in [2.75, 3.05) is 0 Å². The highest BCUT2D eigenvalue weighted by Gasteiger charge is 2.00. The number of ether oxygens (including phenoxy) is 1. The lowest BCUT2D eigenvalue weighted by atomic mass is 10.2. The maximum Gasteiger partial charge on any atom is 0.328 e. The number of rotatable bonds is 6. The monoisotopic (exact) mass is 258 g/mol. The number of carboxylic acid groups (broad SMARTS) is 1. The van der Waals surface area contributed by atoms with Gasteiger partial charge in [0, 0.05) is 6.08 Å². The molecule has 4 heteroatoms. The van der Waals surface area contributed by atoms with Crippen LogP contribution in [0.1, 0.15) is 17.1 Å². The van der Waals surface area contributed by atoms with Gasteiger partial charge in [-0.1, -0.05) is 30.3 Å². The number of aliphatic carboxylic acids is 1. The molecule has 0 atom stereocenters. The molecule has 0 aliphatic heterocycles. The Morgan fingerprint density at radius 2 is 1.95 bits per heavy atom. The van der Waals surface area contributed by atoms with E-state index in [1.165, 1.54) is 6.08 Å². The molecule has 0 fully saturated rings. The number of furan rings is 1. The molecule has 0 aliphatic rings. The van der Waals surface area contributed by atoms with E-state index in [9.17, 15) is 4.79 Å². The van der Waals surface area contributed by atoms with Crippen LogP contribution in [0.25, 0.3) is 6.08 Å². The number of hydrogen-bond acceptors (Lipinski definition) is 3. The summed E-state index contributed by atoms with van der Waals surface area (Å²) in [7, 11) is 0. The first-order valence-electron chi connectivity index (χ1n) is 5.85. The van der Waals surface area contributed by atoms with Crippen molar-refractivity contribution in [1.82, 2.24) is 0 Å². The Morgan fingerprint density at radius 1 is 1.16 bits per heavy atom. The molecular formula is C15H14O4. The van der Waals surface area contributed by atoms with Gasteiger partial charge in [0.15, 0.2) is 0 Å². The molecule has 1 aromatic carbocycles. The highest BCUT2D eigenvalue weighted by molar-refractivity contribution is 5.84. The molecule has 1 N–H and O–H groups in total. The number of carbonyl (C=O) groups is 1. The van der Waals surface area contributed by atoms with Crippen LogP contribution in [0.15, 0.2) is 53.0 Å². The molecule has 0 amide bonds. The second-order valence-corrected chi connectivity index (χ2v) is 3.95. The second-order valence-electron chi connectivity index (χ2n) is 3.95. The standard InChI is InChI=1S/C15H14O4/c16-15(17)9-8-13-6-7-14(19-13)11-18-10-12-4-2-1-3-5-12/h1-9H,10-11H2,(H,16,17)/b9-8+. The molecular weight excluding hydrogens is 244 g/mol. The zero-order valence-electron chi connectivity index (χ0n) is 10.3. The summed E-state index contributed by atoms with van der Waals surface area (Å²) in [5.74, 6) is 0.167.